The monoisotopic (exact) mass is 376 g/mol. The van der Waals surface area contributed by atoms with Gasteiger partial charge in [0, 0.05) is 24.4 Å². The van der Waals surface area contributed by atoms with E-state index < -0.39 is 10.0 Å². The normalized spacial score (nSPS) is 11.3. The molecule has 1 amide bonds. The summed E-state index contributed by atoms with van der Waals surface area (Å²) in [6, 6.07) is 11.2. The van der Waals surface area contributed by atoms with Crippen molar-refractivity contribution in [2.24, 2.45) is 7.05 Å². The molecule has 0 saturated carbocycles. The third-order valence-corrected chi connectivity index (χ3v) is 6.18. The van der Waals surface area contributed by atoms with Gasteiger partial charge in [-0.2, -0.15) is 5.10 Å². The van der Waals surface area contributed by atoms with Crippen LogP contribution in [0.1, 0.15) is 16.1 Å². The summed E-state index contributed by atoms with van der Waals surface area (Å²) in [6.07, 6.45) is 0. The number of hydrogen-bond acceptors (Lipinski definition) is 5. The summed E-state index contributed by atoms with van der Waals surface area (Å²) in [5.41, 5.74) is 1.61. The van der Waals surface area contributed by atoms with Gasteiger partial charge in [-0.15, -0.1) is 11.3 Å². The summed E-state index contributed by atoms with van der Waals surface area (Å²) in [4.78, 5) is 12.3. The zero-order valence-electron chi connectivity index (χ0n) is 13.6. The Bertz CT molecular complexity index is 991. The van der Waals surface area contributed by atoms with E-state index in [4.69, 9.17) is 0 Å². The van der Waals surface area contributed by atoms with Crippen molar-refractivity contribution in [2.75, 3.05) is 10.0 Å². The lowest BCUT2D eigenvalue weighted by atomic mass is 10.2. The largest absolute Gasteiger partial charge is 0.307 e. The molecule has 0 aliphatic heterocycles. The lowest BCUT2D eigenvalue weighted by Gasteiger charge is -2.08. The molecule has 3 aromatic rings. The molecule has 0 aliphatic rings. The minimum atomic E-state index is -3.60. The molecule has 1 aromatic carbocycles. The van der Waals surface area contributed by atoms with E-state index in [2.05, 4.69) is 15.1 Å². The fraction of sp³-hybridized carbons (Fsp3) is 0.125. The number of nitrogens with one attached hydrogen (secondary N) is 2. The van der Waals surface area contributed by atoms with E-state index in [1.165, 1.54) is 6.07 Å². The first kappa shape index (κ1) is 17.2. The Morgan fingerprint density at radius 3 is 2.48 bits per heavy atom. The van der Waals surface area contributed by atoms with Crippen LogP contribution in [-0.4, -0.2) is 24.1 Å². The topological polar surface area (TPSA) is 93.1 Å². The molecular formula is C16H16N4O3S2. The van der Waals surface area contributed by atoms with E-state index in [-0.39, 0.29) is 10.1 Å². The number of carbonyl (C=O) groups is 1. The van der Waals surface area contributed by atoms with Crippen LogP contribution in [0.15, 0.2) is 52.1 Å². The number of rotatable bonds is 5. The highest BCUT2D eigenvalue weighted by Gasteiger charge is 2.15. The van der Waals surface area contributed by atoms with E-state index in [1.54, 1.807) is 53.5 Å². The predicted octanol–water partition coefficient (Wildman–Crippen LogP) is 2.84. The fourth-order valence-corrected chi connectivity index (χ4v) is 4.28. The van der Waals surface area contributed by atoms with Gasteiger partial charge in [-0.05, 0) is 42.6 Å². The molecule has 9 heteroatoms. The Morgan fingerprint density at radius 2 is 1.92 bits per heavy atom. The van der Waals surface area contributed by atoms with Crippen molar-refractivity contribution in [3.8, 4) is 0 Å². The van der Waals surface area contributed by atoms with Crippen LogP contribution in [0.3, 0.4) is 0 Å². The summed E-state index contributed by atoms with van der Waals surface area (Å²) in [5.74, 6) is 0.292. The van der Waals surface area contributed by atoms with Crippen LogP contribution >= 0.6 is 11.3 Å². The average Bonchev–Trinajstić information content (AvgIpc) is 3.18. The van der Waals surface area contributed by atoms with Crippen LogP contribution in [-0.2, 0) is 17.1 Å². The fourth-order valence-electron chi connectivity index (χ4n) is 2.23. The second kappa shape index (κ2) is 6.69. The smallest absolute Gasteiger partial charge is 0.271 e. The molecule has 7 nitrogen and oxygen atoms in total. The van der Waals surface area contributed by atoms with Gasteiger partial charge in [0.05, 0.1) is 5.69 Å². The van der Waals surface area contributed by atoms with Crippen LogP contribution in [0.25, 0.3) is 0 Å². The Balaban J connectivity index is 1.72. The molecule has 0 aliphatic carbocycles. The molecule has 0 fully saturated rings. The quantitative estimate of drug-likeness (QED) is 0.716. The molecule has 0 bridgehead atoms. The lowest BCUT2D eigenvalue weighted by Crippen LogP contribution is -2.15. The van der Waals surface area contributed by atoms with Crippen molar-refractivity contribution < 1.29 is 13.2 Å². The van der Waals surface area contributed by atoms with E-state index in [0.717, 1.165) is 17.0 Å². The number of hydrogen-bond donors (Lipinski definition) is 2. The first-order chi connectivity index (χ1) is 11.8. The van der Waals surface area contributed by atoms with Gasteiger partial charge < -0.3 is 5.32 Å². The molecule has 0 atom stereocenters. The average molecular weight is 376 g/mol. The van der Waals surface area contributed by atoms with Crippen molar-refractivity contribution in [1.29, 1.82) is 0 Å². The van der Waals surface area contributed by atoms with Crippen LogP contribution in [0.2, 0.25) is 0 Å². The molecule has 2 heterocycles. The Kier molecular flexibility index (Phi) is 4.60. The maximum Gasteiger partial charge on any atom is 0.271 e. The van der Waals surface area contributed by atoms with Crippen LogP contribution < -0.4 is 10.0 Å². The van der Waals surface area contributed by atoms with Gasteiger partial charge in [-0.3, -0.25) is 14.2 Å². The number of thiophene rings is 1. The highest BCUT2D eigenvalue weighted by atomic mass is 32.2. The summed E-state index contributed by atoms with van der Waals surface area (Å²) in [7, 11) is -1.86. The maximum absolute atomic E-state index is 12.3. The van der Waals surface area contributed by atoms with E-state index in [0.29, 0.717) is 17.1 Å². The standard InChI is InChI=1S/C16H16N4O3S2/c1-11-10-14(20(2)18-11)17-16(21)12-5-7-13(8-6-12)19-25(22,23)15-4-3-9-24-15/h3-10,19H,1-2H3,(H,17,21). The van der Waals surface area contributed by atoms with E-state index in [9.17, 15) is 13.2 Å². The zero-order valence-corrected chi connectivity index (χ0v) is 15.2. The van der Waals surface area contributed by atoms with Crippen molar-refractivity contribution in [3.63, 3.8) is 0 Å². The van der Waals surface area contributed by atoms with E-state index >= 15 is 0 Å². The predicted molar refractivity (Wildman–Crippen MR) is 97.5 cm³/mol. The molecular weight excluding hydrogens is 360 g/mol. The Morgan fingerprint density at radius 1 is 1.20 bits per heavy atom. The number of anilines is 2. The first-order valence-electron chi connectivity index (χ1n) is 7.33. The van der Waals surface area contributed by atoms with Crippen molar-refractivity contribution >= 4 is 38.8 Å². The van der Waals surface area contributed by atoms with Gasteiger partial charge >= 0.3 is 0 Å². The van der Waals surface area contributed by atoms with Crippen LogP contribution in [0.5, 0.6) is 0 Å². The number of sulfonamides is 1. The Labute approximate surface area is 149 Å². The molecule has 0 unspecified atom stereocenters. The molecule has 0 spiro atoms. The SMILES string of the molecule is Cc1cc(NC(=O)c2ccc(NS(=O)(=O)c3cccs3)cc2)n(C)n1. The zero-order chi connectivity index (χ0) is 18.0. The van der Waals surface area contributed by atoms with Gasteiger partial charge in [-0.1, -0.05) is 6.07 Å². The number of amides is 1. The third kappa shape index (κ3) is 3.89. The van der Waals surface area contributed by atoms with Gasteiger partial charge in [-0.25, -0.2) is 8.42 Å². The van der Waals surface area contributed by atoms with Gasteiger partial charge in [0.15, 0.2) is 0 Å². The minimum absolute atomic E-state index is 0.237. The molecule has 0 radical (unpaired) electrons. The summed E-state index contributed by atoms with van der Waals surface area (Å²) in [5, 5.41) is 8.62. The van der Waals surface area contributed by atoms with Gasteiger partial charge in [0.2, 0.25) is 0 Å². The van der Waals surface area contributed by atoms with Gasteiger partial charge in [0.1, 0.15) is 10.0 Å². The van der Waals surface area contributed by atoms with Crippen LogP contribution in [0.4, 0.5) is 11.5 Å². The third-order valence-electron chi connectivity index (χ3n) is 3.40. The molecule has 2 aromatic heterocycles. The minimum Gasteiger partial charge on any atom is -0.307 e. The molecule has 0 saturated heterocycles. The second-order valence-electron chi connectivity index (χ2n) is 5.36. The molecule has 130 valence electrons. The highest BCUT2D eigenvalue weighted by Crippen LogP contribution is 2.20. The number of nitrogens with zero attached hydrogens (tertiary/aromatic N) is 2. The van der Waals surface area contributed by atoms with E-state index in [1.807, 2.05) is 6.92 Å². The summed E-state index contributed by atoms with van der Waals surface area (Å²) < 4.78 is 28.6. The molecule has 25 heavy (non-hydrogen) atoms. The number of aryl methyl sites for hydroxylation is 2. The Hall–Kier alpha value is -2.65. The summed E-state index contributed by atoms with van der Waals surface area (Å²) >= 11 is 1.14. The number of carbonyl (C=O) groups excluding carboxylic acids is 1. The summed E-state index contributed by atoms with van der Waals surface area (Å²) in [6.45, 7) is 1.84. The number of aromatic nitrogens is 2. The van der Waals surface area contributed by atoms with Crippen molar-refractivity contribution in [1.82, 2.24) is 9.78 Å². The second-order valence-corrected chi connectivity index (χ2v) is 8.22. The lowest BCUT2D eigenvalue weighted by molar-refractivity contribution is 0.102. The first-order valence-corrected chi connectivity index (χ1v) is 9.70. The van der Waals surface area contributed by atoms with Crippen molar-refractivity contribution in [3.05, 3.63) is 59.1 Å². The maximum atomic E-state index is 12.3. The van der Waals surface area contributed by atoms with Crippen LogP contribution in [0, 0.1) is 6.92 Å². The van der Waals surface area contributed by atoms with Gasteiger partial charge in [0.25, 0.3) is 15.9 Å². The molecule has 3 rings (SSSR count). The number of benzene rings is 1. The highest BCUT2D eigenvalue weighted by molar-refractivity contribution is 7.94. The molecule has 2 N–H and O–H groups in total. The van der Waals surface area contributed by atoms with Crippen molar-refractivity contribution in [2.45, 2.75) is 11.1 Å².